The van der Waals surface area contributed by atoms with E-state index in [0.29, 0.717) is 6.61 Å². The van der Waals surface area contributed by atoms with Crippen molar-refractivity contribution in [3.8, 4) is 0 Å². The van der Waals surface area contributed by atoms with Gasteiger partial charge >= 0.3 is 0 Å². The van der Waals surface area contributed by atoms with Gasteiger partial charge in [-0.3, -0.25) is 0 Å². The Kier molecular flexibility index (Phi) is 3.93. The SMILES string of the molecule is COCC(C)(N)Cc1cccc(Cl)c1. The number of hydrogen-bond donors (Lipinski definition) is 1. The zero-order chi connectivity index (χ0) is 10.6. The largest absolute Gasteiger partial charge is 0.383 e. The lowest BCUT2D eigenvalue weighted by atomic mass is 9.95. The van der Waals surface area contributed by atoms with E-state index in [1.54, 1.807) is 7.11 Å². The van der Waals surface area contributed by atoms with Gasteiger partial charge in [0.05, 0.1) is 6.61 Å². The quantitative estimate of drug-likeness (QED) is 0.833. The summed E-state index contributed by atoms with van der Waals surface area (Å²) in [7, 11) is 1.66. The van der Waals surface area contributed by atoms with Crippen LogP contribution in [0.15, 0.2) is 24.3 Å². The first-order valence-electron chi connectivity index (χ1n) is 4.56. The van der Waals surface area contributed by atoms with Gasteiger partial charge in [0.1, 0.15) is 0 Å². The van der Waals surface area contributed by atoms with Gasteiger partial charge in [-0.05, 0) is 31.0 Å². The molecule has 0 radical (unpaired) electrons. The van der Waals surface area contributed by atoms with Crippen molar-refractivity contribution in [1.82, 2.24) is 0 Å². The van der Waals surface area contributed by atoms with Crippen LogP contribution in [0.25, 0.3) is 0 Å². The fourth-order valence-electron chi connectivity index (χ4n) is 1.49. The highest BCUT2D eigenvalue weighted by Gasteiger charge is 2.18. The van der Waals surface area contributed by atoms with Gasteiger partial charge in [-0.25, -0.2) is 0 Å². The molecule has 3 heteroatoms. The van der Waals surface area contributed by atoms with E-state index in [0.717, 1.165) is 17.0 Å². The third-order valence-electron chi connectivity index (χ3n) is 1.97. The number of nitrogens with two attached hydrogens (primary N) is 1. The van der Waals surface area contributed by atoms with Crippen molar-refractivity contribution in [3.63, 3.8) is 0 Å². The first-order valence-corrected chi connectivity index (χ1v) is 4.93. The van der Waals surface area contributed by atoms with Crippen LogP contribution in [0.3, 0.4) is 0 Å². The number of hydrogen-bond acceptors (Lipinski definition) is 2. The molecule has 0 aromatic heterocycles. The Morgan fingerprint density at radius 1 is 1.50 bits per heavy atom. The lowest BCUT2D eigenvalue weighted by Gasteiger charge is -2.23. The fraction of sp³-hybridized carbons (Fsp3) is 0.455. The normalized spacial score (nSPS) is 15.1. The molecular formula is C11H16ClNO. The molecule has 14 heavy (non-hydrogen) atoms. The molecule has 0 aliphatic carbocycles. The number of ether oxygens (including phenoxy) is 1. The van der Waals surface area contributed by atoms with Crippen molar-refractivity contribution in [2.75, 3.05) is 13.7 Å². The maximum Gasteiger partial charge on any atom is 0.0642 e. The minimum atomic E-state index is -0.334. The Morgan fingerprint density at radius 2 is 2.21 bits per heavy atom. The molecule has 0 aliphatic rings. The van der Waals surface area contributed by atoms with E-state index in [2.05, 4.69) is 0 Å². The van der Waals surface area contributed by atoms with E-state index < -0.39 is 0 Å². The van der Waals surface area contributed by atoms with Crippen molar-refractivity contribution in [3.05, 3.63) is 34.9 Å². The third kappa shape index (κ3) is 3.66. The highest BCUT2D eigenvalue weighted by molar-refractivity contribution is 6.30. The van der Waals surface area contributed by atoms with Crippen LogP contribution in [0.2, 0.25) is 5.02 Å². The second-order valence-corrected chi connectivity index (χ2v) is 4.33. The van der Waals surface area contributed by atoms with Crippen LogP contribution in [-0.2, 0) is 11.2 Å². The van der Waals surface area contributed by atoms with Gasteiger partial charge in [0.2, 0.25) is 0 Å². The number of halogens is 1. The topological polar surface area (TPSA) is 35.2 Å². The summed E-state index contributed by atoms with van der Waals surface area (Å²) in [4.78, 5) is 0. The summed E-state index contributed by atoms with van der Waals surface area (Å²) in [6.07, 6.45) is 0.765. The molecule has 1 atom stereocenters. The zero-order valence-corrected chi connectivity index (χ0v) is 9.34. The van der Waals surface area contributed by atoms with E-state index in [4.69, 9.17) is 22.1 Å². The molecule has 0 amide bonds. The van der Waals surface area contributed by atoms with Crippen molar-refractivity contribution in [1.29, 1.82) is 0 Å². The molecule has 0 spiro atoms. The minimum Gasteiger partial charge on any atom is -0.383 e. The van der Waals surface area contributed by atoms with Crippen molar-refractivity contribution in [2.45, 2.75) is 18.9 Å². The number of rotatable bonds is 4. The molecule has 0 saturated heterocycles. The summed E-state index contributed by atoms with van der Waals surface area (Å²) in [5, 5.41) is 0.746. The van der Waals surface area contributed by atoms with E-state index in [-0.39, 0.29) is 5.54 Å². The first-order chi connectivity index (χ1) is 6.53. The molecule has 0 aliphatic heterocycles. The fourth-order valence-corrected chi connectivity index (χ4v) is 1.71. The van der Waals surface area contributed by atoms with Crippen LogP contribution in [0.1, 0.15) is 12.5 Å². The molecule has 0 fully saturated rings. The molecule has 1 rings (SSSR count). The van der Waals surface area contributed by atoms with Crippen LogP contribution in [0, 0.1) is 0 Å². The monoisotopic (exact) mass is 213 g/mol. The van der Waals surface area contributed by atoms with Gasteiger partial charge < -0.3 is 10.5 Å². The average molecular weight is 214 g/mol. The minimum absolute atomic E-state index is 0.334. The Labute approximate surface area is 90.0 Å². The summed E-state index contributed by atoms with van der Waals surface area (Å²) < 4.78 is 5.05. The summed E-state index contributed by atoms with van der Waals surface area (Å²) in [5.41, 5.74) is 6.85. The molecule has 0 bridgehead atoms. The molecular weight excluding hydrogens is 198 g/mol. The summed E-state index contributed by atoms with van der Waals surface area (Å²) in [6, 6.07) is 7.74. The van der Waals surface area contributed by atoms with Crippen molar-refractivity contribution in [2.24, 2.45) is 5.73 Å². The van der Waals surface area contributed by atoms with Crippen LogP contribution < -0.4 is 5.73 Å². The summed E-state index contributed by atoms with van der Waals surface area (Å²) >= 11 is 5.88. The van der Waals surface area contributed by atoms with Gasteiger partial charge in [-0.1, -0.05) is 23.7 Å². The molecule has 2 nitrogen and oxygen atoms in total. The first kappa shape index (κ1) is 11.5. The third-order valence-corrected chi connectivity index (χ3v) is 2.21. The maximum absolute atomic E-state index is 6.04. The molecule has 0 heterocycles. The predicted octanol–water partition coefficient (Wildman–Crippen LogP) is 2.25. The Morgan fingerprint density at radius 3 is 2.79 bits per heavy atom. The van der Waals surface area contributed by atoms with E-state index in [1.807, 2.05) is 31.2 Å². The van der Waals surface area contributed by atoms with Crippen LogP contribution >= 0.6 is 11.6 Å². The standard InChI is InChI=1S/C11H16ClNO/c1-11(13,8-14-2)7-9-4-3-5-10(12)6-9/h3-6H,7-8,13H2,1-2H3. The lowest BCUT2D eigenvalue weighted by Crippen LogP contribution is -2.43. The molecule has 78 valence electrons. The lowest BCUT2D eigenvalue weighted by molar-refractivity contribution is 0.141. The van der Waals surface area contributed by atoms with Crippen LogP contribution in [-0.4, -0.2) is 19.3 Å². The Bertz CT molecular complexity index is 299. The highest BCUT2D eigenvalue weighted by Crippen LogP contribution is 2.15. The molecule has 1 aromatic rings. The van der Waals surface area contributed by atoms with E-state index >= 15 is 0 Å². The predicted molar refractivity (Wildman–Crippen MR) is 59.6 cm³/mol. The van der Waals surface area contributed by atoms with E-state index in [9.17, 15) is 0 Å². The van der Waals surface area contributed by atoms with Crippen LogP contribution in [0.4, 0.5) is 0 Å². The summed E-state index contributed by atoms with van der Waals surface area (Å²) in [6.45, 7) is 2.51. The zero-order valence-electron chi connectivity index (χ0n) is 8.59. The van der Waals surface area contributed by atoms with Gasteiger partial charge in [0.15, 0.2) is 0 Å². The Hall–Kier alpha value is -0.570. The summed E-state index contributed by atoms with van der Waals surface area (Å²) in [5.74, 6) is 0. The number of methoxy groups -OCH3 is 1. The molecule has 0 saturated carbocycles. The second-order valence-electron chi connectivity index (χ2n) is 3.89. The molecule has 1 unspecified atom stereocenters. The van der Waals surface area contributed by atoms with Crippen LogP contribution in [0.5, 0.6) is 0 Å². The van der Waals surface area contributed by atoms with Gasteiger partial charge in [0, 0.05) is 17.7 Å². The molecule has 2 N–H and O–H groups in total. The smallest absolute Gasteiger partial charge is 0.0642 e. The second kappa shape index (κ2) is 4.78. The average Bonchev–Trinajstić information content (AvgIpc) is 2.02. The van der Waals surface area contributed by atoms with Gasteiger partial charge in [-0.15, -0.1) is 0 Å². The Balaban J connectivity index is 2.68. The van der Waals surface area contributed by atoms with Crippen molar-refractivity contribution < 1.29 is 4.74 Å². The maximum atomic E-state index is 6.04. The van der Waals surface area contributed by atoms with Gasteiger partial charge in [0.25, 0.3) is 0 Å². The van der Waals surface area contributed by atoms with Crippen molar-refractivity contribution >= 4 is 11.6 Å². The van der Waals surface area contributed by atoms with E-state index in [1.165, 1.54) is 0 Å². The molecule has 1 aromatic carbocycles. The highest BCUT2D eigenvalue weighted by atomic mass is 35.5. The van der Waals surface area contributed by atoms with Gasteiger partial charge in [-0.2, -0.15) is 0 Å². The number of benzene rings is 1.